The van der Waals surface area contributed by atoms with Crippen LogP contribution in [0.1, 0.15) is 5.56 Å². The van der Waals surface area contributed by atoms with Crippen molar-refractivity contribution in [3.63, 3.8) is 0 Å². The van der Waals surface area contributed by atoms with E-state index in [0.717, 1.165) is 16.3 Å². The molecule has 0 bridgehead atoms. The monoisotopic (exact) mass is 409 g/mol. The molecule has 0 amide bonds. The Bertz CT molecular complexity index is 1060. The van der Waals surface area contributed by atoms with E-state index in [1.54, 1.807) is 0 Å². The van der Waals surface area contributed by atoms with Crippen molar-refractivity contribution in [3.8, 4) is 5.75 Å². The molecule has 3 aromatic rings. The lowest BCUT2D eigenvalue weighted by atomic mass is 10.0. The van der Waals surface area contributed by atoms with E-state index in [0.29, 0.717) is 5.75 Å². The van der Waals surface area contributed by atoms with Gasteiger partial charge in [-0.3, -0.25) is 0 Å². The Morgan fingerprint density at radius 1 is 0.962 bits per heavy atom. The summed E-state index contributed by atoms with van der Waals surface area (Å²) in [5.74, 6) is 0.326. The molecule has 0 unspecified atom stereocenters. The summed E-state index contributed by atoms with van der Waals surface area (Å²) in [5, 5.41) is 2.10. The Hall–Kier alpha value is -1.79. The molecule has 0 saturated heterocycles. The van der Waals surface area contributed by atoms with E-state index in [2.05, 4.69) is 0 Å². The van der Waals surface area contributed by atoms with Crippen LogP contribution in [0.25, 0.3) is 10.8 Å². The van der Waals surface area contributed by atoms with Crippen molar-refractivity contribution >= 4 is 44.0 Å². The lowest BCUT2D eigenvalue weighted by molar-refractivity contribution is 0.414. The van der Waals surface area contributed by atoms with Crippen LogP contribution >= 0.6 is 23.2 Å². The maximum atomic E-state index is 13.0. The molecule has 0 aliphatic carbocycles. The van der Waals surface area contributed by atoms with Gasteiger partial charge in [0.15, 0.2) is 0 Å². The number of methoxy groups -OCH3 is 1. The molecular weight excluding hydrogens is 393 g/mol. The summed E-state index contributed by atoms with van der Waals surface area (Å²) in [6.07, 6.45) is 0. The molecule has 0 aliphatic heterocycles. The van der Waals surface area contributed by atoms with Crippen LogP contribution in [0.2, 0.25) is 10.0 Å². The van der Waals surface area contributed by atoms with Gasteiger partial charge in [0.2, 0.25) is 10.0 Å². The van der Waals surface area contributed by atoms with Crippen LogP contribution in [0.4, 0.5) is 0 Å². The third-order valence-electron chi connectivity index (χ3n) is 4.19. The van der Waals surface area contributed by atoms with E-state index in [4.69, 9.17) is 27.9 Å². The number of nitrogens with zero attached hydrogens (tertiary/aromatic N) is 1. The molecule has 136 valence electrons. The van der Waals surface area contributed by atoms with Gasteiger partial charge in [-0.2, -0.15) is 4.31 Å². The SMILES string of the molecule is COc1ccc(S(=O)(=O)N(C)Cc2cccc3ccccc23)c(Cl)c1Cl. The van der Waals surface area contributed by atoms with Crippen molar-refractivity contribution in [2.45, 2.75) is 11.4 Å². The molecule has 0 aromatic heterocycles. The molecule has 0 radical (unpaired) electrons. The number of fused-ring (bicyclic) bond motifs is 1. The molecule has 3 rings (SSSR count). The van der Waals surface area contributed by atoms with Crippen LogP contribution in [-0.2, 0) is 16.6 Å². The van der Waals surface area contributed by atoms with Crippen LogP contribution in [0, 0.1) is 0 Å². The minimum absolute atomic E-state index is 0.0456. The number of benzene rings is 3. The first kappa shape index (κ1) is 19.0. The fourth-order valence-corrected chi connectivity index (χ4v) is 4.75. The van der Waals surface area contributed by atoms with Crippen molar-refractivity contribution in [3.05, 3.63) is 70.2 Å². The second-order valence-corrected chi connectivity index (χ2v) is 8.56. The summed E-state index contributed by atoms with van der Waals surface area (Å²) < 4.78 is 32.3. The van der Waals surface area contributed by atoms with Gasteiger partial charge >= 0.3 is 0 Å². The number of hydrogen-bond donors (Lipinski definition) is 0. The molecule has 0 spiro atoms. The number of hydrogen-bond acceptors (Lipinski definition) is 3. The highest BCUT2D eigenvalue weighted by atomic mass is 35.5. The van der Waals surface area contributed by atoms with Gasteiger partial charge in [0.25, 0.3) is 0 Å². The highest BCUT2D eigenvalue weighted by Gasteiger charge is 2.26. The van der Waals surface area contributed by atoms with Gasteiger partial charge in [-0.15, -0.1) is 0 Å². The standard InChI is InChI=1S/C19H17Cl2NO3S/c1-22(12-14-8-5-7-13-6-3-4-9-15(13)14)26(23,24)17-11-10-16(25-2)18(20)19(17)21/h3-11H,12H2,1-2H3. The highest BCUT2D eigenvalue weighted by Crippen LogP contribution is 2.37. The Balaban J connectivity index is 1.99. The molecule has 0 heterocycles. The van der Waals surface area contributed by atoms with Gasteiger partial charge in [-0.1, -0.05) is 65.7 Å². The first-order valence-electron chi connectivity index (χ1n) is 7.81. The average molecular weight is 410 g/mol. The van der Waals surface area contributed by atoms with Gasteiger partial charge in [-0.25, -0.2) is 8.42 Å². The minimum Gasteiger partial charge on any atom is -0.495 e. The summed E-state index contributed by atoms with van der Waals surface area (Å²) in [6.45, 7) is 0.212. The number of rotatable bonds is 5. The summed E-state index contributed by atoms with van der Waals surface area (Å²) in [4.78, 5) is -0.0484. The van der Waals surface area contributed by atoms with Crippen LogP contribution in [0.5, 0.6) is 5.75 Å². The quantitative estimate of drug-likeness (QED) is 0.596. The molecule has 0 fully saturated rings. The normalized spacial score (nSPS) is 11.9. The molecule has 0 saturated carbocycles. The molecular formula is C19H17Cl2NO3S. The fraction of sp³-hybridized carbons (Fsp3) is 0.158. The lowest BCUT2D eigenvalue weighted by Crippen LogP contribution is -2.27. The molecule has 0 N–H and O–H groups in total. The molecule has 4 nitrogen and oxygen atoms in total. The van der Waals surface area contributed by atoms with Crippen molar-refractivity contribution in [2.75, 3.05) is 14.2 Å². The number of sulfonamides is 1. The summed E-state index contributed by atoms with van der Waals surface area (Å²) in [7, 11) is -0.860. The first-order valence-corrected chi connectivity index (χ1v) is 10.0. The first-order chi connectivity index (χ1) is 12.4. The Labute approximate surface area is 163 Å². The average Bonchev–Trinajstić information content (AvgIpc) is 2.64. The van der Waals surface area contributed by atoms with E-state index < -0.39 is 10.0 Å². The second-order valence-electron chi connectivity index (χ2n) is 5.79. The van der Waals surface area contributed by atoms with Gasteiger partial charge in [-0.05, 0) is 28.5 Å². The third kappa shape index (κ3) is 3.40. The van der Waals surface area contributed by atoms with Crippen LogP contribution < -0.4 is 4.74 Å². The summed E-state index contributed by atoms with van der Waals surface area (Å²) >= 11 is 12.3. The predicted octanol–water partition coefficient (Wildman–Crippen LogP) is 4.98. The Morgan fingerprint density at radius 2 is 1.65 bits per heavy atom. The Kier molecular flexibility index (Phi) is 5.44. The van der Waals surface area contributed by atoms with Gasteiger partial charge in [0.05, 0.1) is 12.1 Å². The Morgan fingerprint density at radius 3 is 2.38 bits per heavy atom. The van der Waals surface area contributed by atoms with Gasteiger partial charge < -0.3 is 4.74 Å². The van der Waals surface area contributed by atoms with Crippen LogP contribution in [0.15, 0.2) is 59.5 Å². The maximum absolute atomic E-state index is 13.0. The molecule has 7 heteroatoms. The fourth-order valence-electron chi connectivity index (χ4n) is 2.79. The predicted molar refractivity (Wildman–Crippen MR) is 106 cm³/mol. The van der Waals surface area contributed by atoms with E-state index >= 15 is 0 Å². The number of ether oxygens (including phenoxy) is 1. The van der Waals surface area contributed by atoms with E-state index in [-0.39, 0.29) is 21.5 Å². The van der Waals surface area contributed by atoms with Crippen molar-refractivity contribution in [1.29, 1.82) is 0 Å². The summed E-state index contributed by atoms with van der Waals surface area (Å²) in [6, 6.07) is 16.6. The minimum atomic E-state index is -3.82. The maximum Gasteiger partial charge on any atom is 0.244 e. The lowest BCUT2D eigenvalue weighted by Gasteiger charge is -2.20. The van der Waals surface area contributed by atoms with Crippen LogP contribution in [0.3, 0.4) is 0 Å². The highest BCUT2D eigenvalue weighted by molar-refractivity contribution is 7.89. The van der Waals surface area contributed by atoms with E-state index in [1.165, 1.54) is 30.6 Å². The van der Waals surface area contributed by atoms with Crippen molar-refractivity contribution in [2.24, 2.45) is 0 Å². The van der Waals surface area contributed by atoms with E-state index in [1.807, 2.05) is 42.5 Å². The van der Waals surface area contributed by atoms with Crippen molar-refractivity contribution < 1.29 is 13.2 Å². The van der Waals surface area contributed by atoms with Crippen molar-refractivity contribution in [1.82, 2.24) is 4.31 Å². The van der Waals surface area contributed by atoms with Gasteiger partial charge in [0, 0.05) is 13.6 Å². The number of halogens is 2. The zero-order valence-corrected chi connectivity index (χ0v) is 16.6. The smallest absolute Gasteiger partial charge is 0.244 e. The second kappa shape index (κ2) is 7.45. The summed E-state index contributed by atoms with van der Waals surface area (Å²) in [5.41, 5.74) is 0.907. The molecule has 26 heavy (non-hydrogen) atoms. The molecule has 0 atom stereocenters. The van der Waals surface area contributed by atoms with Crippen LogP contribution in [-0.4, -0.2) is 26.9 Å². The topological polar surface area (TPSA) is 46.6 Å². The molecule has 0 aliphatic rings. The third-order valence-corrected chi connectivity index (χ3v) is 7.01. The van der Waals surface area contributed by atoms with E-state index in [9.17, 15) is 8.42 Å². The largest absolute Gasteiger partial charge is 0.495 e. The zero-order valence-electron chi connectivity index (χ0n) is 14.2. The van der Waals surface area contributed by atoms with Gasteiger partial charge in [0.1, 0.15) is 15.7 Å². The zero-order chi connectivity index (χ0) is 18.9. The molecule has 3 aromatic carbocycles.